The van der Waals surface area contributed by atoms with Gasteiger partial charge in [0.1, 0.15) is 0 Å². The molecule has 1 aliphatic rings. The highest BCUT2D eigenvalue weighted by Crippen LogP contribution is 2.24. The molecule has 2 aromatic carbocycles. The van der Waals surface area contributed by atoms with Crippen LogP contribution in [0.1, 0.15) is 48.9 Å². The molecular formula is C23H29BrN2O3S. The maximum atomic E-state index is 12.8. The van der Waals surface area contributed by atoms with Crippen molar-refractivity contribution in [1.82, 2.24) is 9.62 Å². The van der Waals surface area contributed by atoms with E-state index in [9.17, 15) is 13.2 Å². The number of hydrogen-bond donors (Lipinski definition) is 1. The molecule has 1 N–H and O–H groups in total. The second-order valence-electron chi connectivity index (χ2n) is 7.94. The Morgan fingerprint density at radius 2 is 1.83 bits per heavy atom. The molecule has 5 nitrogen and oxygen atoms in total. The van der Waals surface area contributed by atoms with E-state index in [0.717, 1.165) is 22.0 Å². The maximum Gasteiger partial charge on any atom is 0.223 e. The lowest BCUT2D eigenvalue weighted by Gasteiger charge is -2.31. The molecule has 1 amide bonds. The average Bonchev–Trinajstić information content (AvgIpc) is 2.72. The van der Waals surface area contributed by atoms with Crippen molar-refractivity contribution in [3.8, 4) is 0 Å². The predicted molar refractivity (Wildman–Crippen MR) is 123 cm³/mol. The molecule has 1 atom stereocenters. The highest BCUT2D eigenvalue weighted by atomic mass is 79.9. The molecule has 1 heterocycles. The molecule has 7 heteroatoms. The van der Waals surface area contributed by atoms with Crippen molar-refractivity contribution in [3.05, 3.63) is 69.7 Å². The van der Waals surface area contributed by atoms with E-state index in [0.29, 0.717) is 25.9 Å². The molecule has 30 heavy (non-hydrogen) atoms. The van der Waals surface area contributed by atoms with Crippen LogP contribution in [0.2, 0.25) is 0 Å². The van der Waals surface area contributed by atoms with Crippen LogP contribution in [0.4, 0.5) is 0 Å². The molecule has 3 rings (SSSR count). The monoisotopic (exact) mass is 492 g/mol. The van der Waals surface area contributed by atoms with E-state index in [2.05, 4.69) is 52.4 Å². The lowest BCUT2D eigenvalue weighted by molar-refractivity contribution is -0.126. The van der Waals surface area contributed by atoms with Crippen LogP contribution in [0.3, 0.4) is 0 Å². The van der Waals surface area contributed by atoms with Crippen molar-refractivity contribution in [2.24, 2.45) is 5.92 Å². The van der Waals surface area contributed by atoms with Crippen molar-refractivity contribution in [1.29, 1.82) is 0 Å². The topological polar surface area (TPSA) is 66.5 Å². The number of carbonyl (C=O) groups excluding carboxylic acids is 1. The van der Waals surface area contributed by atoms with Crippen LogP contribution in [-0.2, 0) is 20.6 Å². The van der Waals surface area contributed by atoms with Crippen LogP contribution < -0.4 is 5.32 Å². The summed E-state index contributed by atoms with van der Waals surface area (Å²) in [5.74, 6) is -0.150. The fourth-order valence-electron chi connectivity index (χ4n) is 3.83. The number of sulfonamides is 1. The van der Waals surface area contributed by atoms with Crippen molar-refractivity contribution in [2.45, 2.75) is 44.9 Å². The number of piperidine rings is 1. The number of hydrogen-bond acceptors (Lipinski definition) is 3. The molecular weight excluding hydrogens is 464 g/mol. The first-order valence-corrected chi connectivity index (χ1v) is 12.8. The fourth-order valence-corrected chi connectivity index (χ4v) is 5.83. The number of nitrogens with one attached hydrogen (secondary N) is 1. The molecule has 1 aliphatic heterocycles. The second kappa shape index (κ2) is 10.1. The van der Waals surface area contributed by atoms with Crippen LogP contribution >= 0.6 is 15.9 Å². The van der Waals surface area contributed by atoms with Gasteiger partial charge in [0.15, 0.2) is 0 Å². The summed E-state index contributed by atoms with van der Waals surface area (Å²) in [6.07, 6.45) is 1.91. The van der Waals surface area contributed by atoms with E-state index >= 15 is 0 Å². The molecule has 1 fully saturated rings. The van der Waals surface area contributed by atoms with Crippen LogP contribution in [0, 0.1) is 12.8 Å². The summed E-state index contributed by atoms with van der Waals surface area (Å²) in [6, 6.07) is 15.6. The first kappa shape index (κ1) is 23.0. The Labute approximate surface area is 188 Å². The zero-order valence-corrected chi connectivity index (χ0v) is 19.9. The number of halogens is 1. The Balaban J connectivity index is 1.56. The minimum Gasteiger partial charge on any atom is -0.349 e. The predicted octanol–water partition coefficient (Wildman–Crippen LogP) is 4.57. The smallest absolute Gasteiger partial charge is 0.223 e. The number of rotatable bonds is 7. The minimum absolute atomic E-state index is 0.0172. The molecule has 162 valence electrons. The van der Waals surface area contributed by atoms with Gasteiger partial charge in [0, 0.05) is 23.5 Å². The van der Waals surface area contributed by atoms with E-state index in [4.69, 9.17) is 0 Å². The maximum absolute atomic E-state index is 12.8. The van der Waals surface area contributed by atoms with Gasteiger partial charge in [-0.05, 0) is 49.4 Å². The van der Waals surface area contributed by atoms with E-state index in [1.54, 1.807) is 0 Å². The van der Waals surface area contributed by atoms with Crippen LogP contribution in [0.5, 0.6) is 0 Å². The Hall–Kier alpha value is -1.70. The van der Waals surface area contributed by atoms with Gasteiger partial charge < -0.3 is 5.32 Å². The largest absolute Gasteiger partial charge is 0.349 e. The van der Waals surface area contributed by atoms with Gasteiger partial charge in [0.2, 0.25) is 15.9 Å². The van der Waals surface area contributed by atoms with E-state index in [1.165, 1.54) is 9.87 Å². The lowest BCUT2D eigenvalue weighted by atomic mass is 9.95. The Morgan fingerprint density at radius 3 is 2.43 bits per heavy atom. The lowest BCUT2D eigenvalue weighted by Crippen LogP contribution is -2.44. The first-order chi connectivity index (χ1) is 14.3. The van der Waals surface area contributed by atoms with E-state index in [-0.39, 0.29) is 23.6 Å². The third-order valence-electron chi connectivity index (χ3n) is 5.66. The molecule has 0 aliphatic carbocycles. The third kappa shape index (κ3) is 5.93. The highest BCUT2D eigenvalue weighted by molar-refractivity contribution is 9.10. The molecule has 0 radical (unpaired) electrons. The van der Waals surface area contributed by atoms with E-state index in [1.807, 2.05) is 31.2 Å². The van der Waals surface area contributed by atoms with E-state index < -0.39 is 10.0 Å². The van der Waals surface area contributed by atoms with Crippen molar-refractivity contribution in [2.75, 3.05) is 13.1 Å². The van der Waals surface area contributed by atoms with Crippen LogP contribution in [0.15, 0.2) is 53.0 Å². The Bertz CT molecular complexity index is 968. The quantitative estimate of drug-likeness (QED) is 0.615. The summed E-state index contributed by atoms with van der Waals surface area (Å²) < 4.78 is 28.0. The van der Waals surface area contributed by atoms with Crippen molar-refractivity contribution < 1.29 is 13.2 Å². The van der Waals surface area contributed by atoms with Gasteiger partial charge in [-0.1, -0.05) is 64.8 Å². The van der Waals surface area contributed by atoms with Gasteiger partial charge >= 0.3 is 0 Å². The normalized spacial score (nSPS) is 16.9. The van der Waals surface area contributed by atoms with Crippen LogP contribution in [-0.4, -0.2) is 31.7 Å². The molecule has 2 aromatic rings. The van der Waals surface area contributed by atoms with Gasteiger partial charge in [0.05, 0.1) is 11.8 Å². The minimum atomic E-state index is -3.40. The van der Waals surface area contributed by atoms with Gasteiger partial charge in [-0.25, -0.2) is 12.7 Å². The van der Waals surface area contributed by atoms with Gasteiger partial charge in [-0.2, -0.15) is 0 Å². The molecule has 1 saturated heterocycles. The number of nitrogens with zero attached hydrogens (tertiary/aromatic N) is 1. The highest BCUT2D eigenvalue weighted by Gasteiger charge is 2.31. The second-order valence-corrected chi connectivity index (χ2v) is 10.8. The molecule has 0 spiro atoms. The first-order valence-electron chi connectivity index (χ1n) is 10.4. The molecule has 0 aromatic heterocycles. The summed E-state index contributed by atoms with van der Waals surface area (Å²) in [4.78, 5) is 12.8. The van der Waals surface area contributed by atoms with Gasteiger partial charge in [-0.3, -0.25) is 4.79 Å². The molecule has 0 unspecified atom stereocenters. The number of carbonyl (C=O) groups is 1. The third-order valence-corrected chi connectivity index (χ3v) is 8.00. The Kier molecular flexibility index (Phi) is 7.71. The van der Waals surface area contributed by atoms with Crippen molar-refractivity contribution in [3.63, 3.8) is 0 Å². The summed E-state index contributed by atoms with van der Waals surface area (Å²) in [5.41, 5.74) is 3.05. The number of amides is 1. The summed E-state index contributed by atoms with van der Waals surface area (Å²) >= 11 is 3.38. The molecule has 0 bridgehead atoms. The fraction of sp³-hybridized carbons (Fsp3) is 0.435. The zero-order chi connectivity index (χ0) is 21.7. The summed E-state index contributed by atoms with van der Waals surface area (Å²) in [6.45, 7) is 4.87. The summed E-state index contributed by atoms with van der Waals surface area (Å²) in [7, 11) is -3.40. The SMILES string of the molecule is CC[C@@H](NC(=O)C1CCN(S(=O)(=O)Cc2cccc(Br)c2)CC1)c1ccc(C)cc1. The van der Waals surface area contributed by atoms with Crippen LogP contribution in [0.25, 0.3) is 0 Å². The van der Waals surface area contributed by atoms with Crippen molar-refractivity contribution >= 4 is 31.9 Å². The standard InChI is InChI=1S/C23H29BrN2O3S/c1-3-22(19-9-7-17(2)8-10-19)25-23(27)20-11-13-26(14-12-20)30(28,29)16-18-5-4-6-21(24)15-18/h4-10,15,20,22H,3,11-14,16H2,1-2H3,(H,25,27)/t22-/m1/s1. The number of aryl methyl sites for hydroxylation is 1. The number of benzene rings is 2. The molecule has 0 saturated carbocycles. The average molecular weight is 493 g/mol. The van der Waals surface area contributed by atoms with Gasteiger partial charge in [-0.15, -0.1) is 0 Å². The van der Waals surface area contributed by atoms with Gasteiger partial charge in [0.25, 0.3) is 0 Å². The summed E-state index contributed by atoms with van der Waals surface area (Å²) in [5, 5.41) is 3.16. The zero-order valence-electron chi connectivity index (χ0n) is 17.5. The Morgan fingerprint density at radius 1 is 1.17 bits per heavy atom.